The number of carbonyl (C=O) groups is 1. The van der Waals surface area contributed by atoms with Gasteiger partial charge in [0.2, 0.25) is 5.88 Å². The summed E-state index contributed by atoms with van der Waals surface area (Å²) in [5.41, 5.74) is 1.48. The van der Waals surface area contributed by atoms with Gasteiger partial charge in [-0.1, -0.05) is 6.07 Å². The zero-order chi connectivity index (χ0) is 19.0. The monoisotopic (exact) mass is 370 g/mol. The van der Waals surface area contributed by atoms with Gasteiger partial charge in [0.15, 0.2) is 0 Å². The number of nitrogens with one attached hydrogen (secondary N) is 1. The number of hydrogen-bond acceptors (Lipinski definition) is 5. The second-order valence-electron chi connectivity index (χ2n) is 8.22. The predicted molar refractivity (Wildman–Crippen MR) is 101 cm³/mol. The van der Waals surface area contributed by atoms with Crippen LogP contribution in [0, 0.1) is 5.92 Å². The first kappa shape index (κ1) is 18.0. The highest BCUT2D eigenvalue weighted by atomic mass is 16.5. The summed E-state index contributed by atoms with van der Waals surface area (Å²) in [5.74, 6) is 1.46. The summed E-state index contributed by atoms with van der Waals surface area (Å²) in [6, 6.07) is 3.73. The highest BCUT2D eigenvalue weighted by Gasteiger charge is 2.30. The smallest absolute Gasteiger partial charge is 0.274 e. The van der Waals surface area contributed by atoms with Crippen LogP contribution < -0.4 is 10.1 Å². The fraction of sp³-hybridized carbons (Fsp3) is 0.550. The van der Waals surface area contributed by atoms with Gasteiger partial charge in [0.1, 0.15) is 5.69 Å². The molecule has 0 saturated heterocycles. The van der Waals surface area contributed by atoms with E-state index in [1.54, 1.807) is 23.1 Å². The number of aromatic nitrogens is 3. The summed E-state index contributed by atoms with van der Waals surface area (Å²) in [6.45, 7) is 4.37. The maximum Gasteiger partial charge on any atom is 0.274 e. The van der Waals surface area contributed by atoms with Crippen LogP contribution in [0.3, 0.4) is 0 Å². The molecule has 0 aliphatic heterocycles. The Balaban J connectivity index is 1.48. The van der Waals surface area contributed by atoms with Crippen LogP contribution in [0.15, 0.2) is 24.5 Å². The summed E-state index contributed by atoms with van der Waals surface area (Å²) in [7, 11) is 0. The number of ether oxygens (including phenoxy) is 1. The van der Waals surface area contributed by atoms with Gasteiger partial charge in [0, 0.05) is 11.8 Å². The number of carbonyl (C=O) groups excluding carboxylic acids is 1. The molecule has 2 aromatic rings. The summed E-state index contributed by atoms with van der Waals surface area (Å²) in [4.78, 5) is 17.1. The number of anilines is 1. The predicted octanol–water partition coefficient (Wildman–Crippen LogP) is 2.92. The molecule has 0 bridgehead atoms. The lowest BCUT2D eigenvalue weighted by Gasteiger charge is -2.21. The molecule has 144 valence electrons. The third-order valence-corrected chi connectivity index (χ3v) is 5.14. The van der Waals surface area contributed by atoms with Crippen LogP contribution in [0.1, 0.15) is 61.5 Å². The fourth-order valence-electron chi connectivity index (χ4n) is 2.87. The van der Waals surface area contributed by atoms with Crippen LogP contribution in [-0.2, 0) is 5.54 Å². The summed E-state index contributed by atoms with van der Waals surface area (Å²) in [5, 5.41) is 16.5. The van der Waals surface area contributed by atoms with Crippen LogP contribution >= 0.6 is 0 Å². The fourth-order valence-corrected chi connectivity index (χ4v) is 2.87. The molecule has 2 N–H and O–H groups in total. The zero-order valence-electron chi connectivity index (χ0n) is 15.8. The van der Waals surface area contributed by atoms with Crippen molar-refractivity contribution in [2.45, 2.75) is 51.0 Å². The van der Waals surface area contributed by atoms with Crippen LogP contribution in [-0.4, -0.2) is 39.0 Å². The van der Waals surface area contributed by atoms with E-state index in [0.29, 0.717) is 35.7 Å². The SMILES string of the molecule is CC(C)(CO)n1cc(NC(=O)c2ccc(C3CC3)c(OCC3CC3)n2)cn1. The number of amides is 1. The van der Waals surface area contributed by atoms with Crippen molar-refractivity contribution in [3.63, 3.8) is 0 Å². The van der Waals surface area contributed by atoms with Crippen molar-refractivity contribution < 1.29 is 14.6 Å². The van der Waals surface area contributed by atoms with Gasteiger partial charge in [0.25, 0.3) is 5.91 Å². The lowest BCUT2D eigenvalue weighted by atomic mass is 10.1. The average molecular weight is 370 g/mol. The molecule has 7 heteroatoms. The summed E-state index contributed by atoms with van der Waals surface area (Å²) in [6.07, 6.45) is 8.02. The molecule has 2 saturated carbocycles. The Morgan fingerprint density at radius 2 is 2.11 bits per heavy atom. The Morgan fingerprint density at radius 3 is 2.78 bits per heavy atom. The number of aliphatic hydroxyl groups is 1. The van der Waals surface area contributed by atoms with Crippen LogP contribution in [0.25, 0.3) is 0 Å². The highest BCUT2D eigenvalue weighted by molar-refractivity contribution is 6.02. The van der Waals surface area contributed by atoms with Gasteiger partial charge in [0.05, 0.1) is 30.6 Å². The lowest BCUT2D eigenvalue weighted by molar-refractivity contribution is 0.102. The van der Waals surface area contributed by atoms with Gasteiger partial charge in [-0.15, -0.1) is 0 Å². The standard InChI is InChI=1S/C20H26N4O3/c1-20(2,12-25)24-10-15(9-21-24)22-18(26)17-8-7-16(14-5-6-14)19(23-17)27-11-13-3-4-13/h7-10,13-14,25H,3-6,11-12H2,1-2H3,(H,22,26). The second kappa shape index (κ2) is 6.96. The molecule has 0 aromatic carbocycles. The van der Waals surface area contributed by atoms with Gasteiger partial charge in [-0.3, -0.25) is 9.48 Å². The van der Waals surface area contributed by atoms with E-state index < -0.39 is 5.54 Å². The Bertz CT molecular complexity index is 838. The van der Waals surface area contributed by atoms with Gasteiger partial charge >= 0.3 is 0 Å². The number of nitrogens with zero attached hydrogens (tertiary/aromatic N) is 3. The van der Waals surface area contributed by atoms with Gasteiger partial charge < -0.3 is 15.2 Å². The molecule has 7 nitrogen and oxygen atoms in total. The Labute approximate surface area is 158 Å². The lowest BCUT2D eigenvalue weighted by Crippen LogP contribution is -2.30. The van der Waals surface area contributed by atoms with Crippen molar-refractivity contribution in [1.29, 1.82) is 0 Å². The molecule has 0 atom stereocenters. The van der Waals surface area contributed by atoms with Crippen molar-refractivity contribution >= 4 is 11.6 Å². The average Bonchev–Trinajstić information content (AvgIpc) is 3.59. The third-order valence-electron chi connectivity index (χ3n) is 5.14. The van der Waals surface area contributed by atoms with Gasteiger partial charge in [-0.25, -0.2) is 4.98 Å². The Kier molecular flexibility index (Phi) is 4.63. The van der Waals surface area contributed by atoms with E-state index in [2.05, 4.69) is 15.4 Å². The van der Waals surface area contributed by atoms with E-state index >= 15 is 0 Å². The van der Waals surface area contributed by atoms with E-state index in [9.17, 15) is 9.90 Å². The Morgan fingerprint density at radius 1 is 1.33 bits per heavy atom. The minimum atomic E-state index is -0.531. The molecular formula is C20H26N4O3. The maximum atomic E-state index is 12.6. The molecule has 0 spiro atoms. The topological polar surface area (TPSA) is 89.3 Å². The highest BCUT2D eigenvalue weighted by Crippen LogP contribution is 2.44. The molecule has 2 fully saturated rings. The first-order valence-electron chi connectivity index (χ1n) is 9.57. The molecule has 0 unspecified atom stereocenters. The first-order chi connectivity index (χ1) is 13.0. The van der Waals surface area contributed by atoms with Crippen molar-refractivity contribution in [2.24, 2.45) is 5.92 Å². The van der Waals surface area contributed by atoms with E-state index in [1.807, 2.05) is 19.9 Å². The summed E-state index contributed by atoms with van der Waals surface area (Å²) >= 11 is 0. The van der Waals surface area contributed by atoms with Crippen LogP contribution in [0.4, 0.5) is 5.69 Å². The van der Waals surface area contributed by atoms with E-state index in [-0.39, 0.29) is 12.5 Å². The quantitative estimate of drug-likeness (QED) is 0.746. The molecule has 2 aliphatic rings. The van der Waals surface area contributed by atoms with E-state index in [4.69, 9.17) is 4.74 Å². The van der Waals surface area contributed by atoms with Crippen LogP contribution in [0.5, 0.6) is 5.88 Å². The normalized spacial score (nSPS) is 17.0. The summed E-state index contributed by atoms with van der Waals surface area (Å²) < 4.78 is 7.57. The molecule has 2 heterocycles. The molecule has 27 heavy (non-hydrogen) atoms. The second-order valence-corrected chi connectivity index (χ2v) is 8.22. The molecule has 0 radical (unpaired) electrons. The van der Waals surface area contributed by atoms with E-state index in [0.717, 1.165) is 18.4 Å². The van der Waals surface area contributed by atoms with Crippen molar-refractivity contribution in [2.75, 3.05) is 18.5 Å². The largest absolute Gasteiger partial charge is 0.477 e. The van der Waals surface area contributed by atoms with Crippen molar-refractivity contribution in [3.05, 3.63) is 35.8 Å². The maximum absolute atomic E-state index is 12.6. The number of rotatable bonds is 8. The number of hydrogen-bond donors (Lipinski definition) is 2. The molecule has 2 aromatic heterocycles. The van der Waals surface area contributed by atoms with Gasteiger partial charge in [-0.05, 0) is 57.4 Å². The Hall–Kier alpha value is -2.41. The number of aliphatic hydroxyl groups excluding tert-OH is 1. The molecule has 1 amide bonds. The van der Waals surface area contributed by atoms with Crippen LogP contribution in [0.2, 0.25) is 0 Å². The zero-order valence-corrected chi connectivity index (χ0v) is 15.8. The molecule has 4 rings (SSSR count). The van der Waals surface area contributed by atoms with Gasteiger partial charge in [-0.2, -0.15) is 5.10 Å². The molecular weight excluding hydrogens is 344 g/mol. The minimum Gasteiger partial charge on any atom is -0.477 e. The van der Waals surface area contributed by atoms with Crippen molar-refractivity contribution in [3.8, 4) is 5.88 Å². The number of pyridine rings is 1. The molecule has 2 aliphatic carbocycles. The third kappa shape index (κ3) is 4.13. The van der Waals surface area contributed by atoms with Crippen molar-refractivity contribution in [1.82, 2.24) is 14.8 Å². The van der Waals surface area contributed by atoms with E-state index in [1.165, 1.54) is 12.8 Å². The first-order valence-corrected chi connectivity index (χ1v) is 9.57. The minimum absolute atomic E-state index is 0.0477.